The topological polar surface area (TPSA) is 130 Å². The molecule has 6 nitrogen and oxygen atoms in total. The molecule has 0 fully saturated rings. The van der Waals surface area contributed by atoms with E-state index in [1.807, 2.05) is 60.7 Å². The molecule has 0 aliphatic rings. The summed E-state index contributed by atoms with van der Waals surface area (Å²) in [7, 11) is 0. The number of halogens is 2. The zero-order valence-corrected chi connectivity index (χ0v) is 16.2. The van der Waals surface area contributed by atoms with Crippen LogP contribution in [0.3, 0.4) is 0 Å². The molecule has 2 aromatic carbocycles. The van der Waals surface area contributed by atoms with Crippen LogP contribution in [0.4, 0.5) is 0 Å². The Morgan fingerprint density at radius 3 is 1.43 bits per heavy atom. The first-order valence-electron chi connectivity index (χ1n) is 8.01. The highest BCUT2D eigenvalue weighted by atomic mass is 35.5. The van der Waals surface area contributed by atoms with E-state index in [9.17, 15) is 0 Å². The predicted molar refractivity (Wildman–Crippen MR) is 102 cm³/mol. The number of fused-ring (bicyclic) bond motifs is 2. The molecule has 0 saturated carbocycles. The SMILES string of the molecule is NC(=[NH2+])c1ccc2oc(/C=C/c3cc4cc(C(N)=[NH2+])ccc4o3)cc2c1.[Cl-].[Cl-]. The van der Waals surface area contributed by atoms with Crippen LogP contribution in [-0.2, 0) is 0 Å². The second-order valence-electron chi connectivity index (χ2n) is 6.05. The van der Waals surface area contributed by atoms with Crippen LogP contribution in [-0.4, -0.2) is 11.7 Å². The molecule has 4 rings (SSSR count). The van der Waals surface area contributed by atoms with Crippen molar-refractivity contribution in [1.29, 1.82) is 0 Å². The highest BCUT2D eigenvalue weighted by Gasteiger charge is 2.08. The van der Waals surface area contributed by atoms with Gasteiger partial charge in [-0.3, -0.25) is 22.3 Å². The van der Waals surface area contributed by atoms with Gasteiger partial charge in [0.15, 0.2) is 0 Å². The number of hydrogen-bond acceptors (Lipinski definition) is 2. The van der Waals surface area contributed by atoms with Crippen LogP contribution >= 0.6 is 0 Å². The molecule has 0 spiro atoms. The van der Waals surface area contributed by atoms with E-state index >= 15 is 0 Å². The van der Waals surface area contributed by atoms with E-state index in [1.165, 1.54) is 0 Å². The normalized spacial score (nSPS) is 10.7. The van der Waals surface area contributed by atoms with Crippen molar-refractivity contribution in [2.75, 3.05) is 0 Å². The largest absolute Gasteiger partial charge is 1.00 e. The summed E-state index contributed by atoms with van der Waals surface area (Å²) in [4.78, 5) is 0. The lowest BCUT2D eigenvalue weighted by molar-refractivity contribution is -0.115. The van der Waals surface area contributed by atoms with Crippen LogP contribution in [0.25, 0.3) is 34.1 Å². The molecule has 0 bridgehead atoms. The fraction of sp³-hybridized carbons (Fsp3) is 0. The average molecular weight is 417 g/mol. The molecule has 0 radical (unpaired) electrons. The van der Waals surface area contributed by atoms with Crippen LogP contribution in [0.5, 0.6) is 0 Å². The molecule has 8 N–H and O–H groups in total. The highest BCUT2D eigenvalue weighted by molar-refractivity contribution is 5.98. The molecule has 0 saturated heterocycles. The summed E-state index contributed by atoms with van der Waals surface area (Å²) in [5.74, 6) is 1.96. The number of rotatable bonds is 4. The number of nitrogens with two attached hydrogens (primary N) is 4. The van der Waals surface area contributed by atoms with Crippen molar-refractivity contribution in [3.63, 3.8) is 0 Å². The van der Waals surface area contributed by atoms with E-state index in [4.69, 9.17) is 31.1 Å². The number of amidine groups is 2. The van der Waals surface area contributed by atoms with Gasteiger partial charge in [-0.15, -0.1) is 0 Å². The van der Waals surface area contributed by atoms with Gasteiger partial charge in [0, 0.05) is 10.8 Å². The summed E-state index contributed by atoms with van der Waals surface area (Å²) in [5, 5.41) is 13.1. The Balaban J connectivity index is 0.00000140. The second kappa shape index (κ2) is 8.21. The van der Waals surface area contributed by atoms with E-state index in [0.29, 0.717) is 11.5 Å². The summed E-state index contributed by atoms with van der Waals surface area (Å²) in [6.45, 7) is 0. The van der Waals surface area contributed by atoms with Gasteiger partial charge in [-0.2, -0.15) is 0 Å². The molecule has 2 heterocycles. The Hall–Kier alpha value is -3.22. The molecule has 28 heavy (non-hydrogen) atoms. The summed E-state index contributed by atoms with van der Waals surface area (Å²) in [6, 6.07) is 15.0. The first-order valence-corrected chi connectivity index (χ1v) is 8.01. The average Bonchev–Trinajstić information content (AvgIpc) is 3.21. The molecule has 8 heteroatoms. The summed E-state index contributed by atoms with van der Waals surface area (Å²) in [6.07, 6.45) is 3.69. The van der Waals surface area contributed by atoms with Crippen molar-refractivity contribution in [2.24, 2.45) is 11.5 Å². The Bertz CT molecular complexity index is 1110. The molecular formula is C20H18Cl2N4O2. The van der Waals surface area contributed by atoms with Crippen LogP contribution in [0, 0.1) is 0 Å². The molecule has 0 unspecified atom stereocenters. The second-order valence-corrected chi connectivity index (χ2v) is 6.05. The number of furan rings is 2. The van der Waals surface area contributed by atoms with E-state index in [-0.39, 0.29) is 36.5 Å². The first-order chi connectivity index (χ1) is 12.5. The highest BCUT2D eigenvalue weighted by Crippen LogP contribution is 2.24. The van der Waals surface area contributed by atoms with Crippen LogP contribution in [0.2, 0.25) is 0 Å². The van der Waals surface area contributed by atoms with Crippen molar-refractivity contribution in [1.82, 2.24) is 0 Å². The van der Waals surface area contributed by atoms with E-state index in [2.05, 4.69) is 0 Å². The standard InChI is InChI=1S/C20H16N4O2.2ClH/c21-19(22)11-1-5-17-13(7-11)9-15(25-17)3-4-16-10-14-8-12(20(23)24)2-6-18(14)26-16;;/h1-10H,(H3,21,22)(H3,23,24);2*1H/b4-3+;;. The van der Waals surface area contributed by atoms with Gasteiger partial charge in [0.25, 0.3) is 11.7 Å². The Morgan fingerprint density at radius 2 is 1.07 bits per heavy atom. The minimum absolute atomic E-state index is 0. The van der Waals surface area contributed by atoms with Crippen LogP contribution in [0.15, 0.2) is 57.4 Å². The first kappa shape index (κ1) is 21.1. The van der Waals surface area contributed by atoms with Gasteiger partial charge in [0.2, 0.25) is 0 Å². The molecule has 144 valence electrons. The fourth-order valence-electron chi connectivity index (χ4n) is 2.82. The van der Waals surface area contributed by atoms with Gasteiger partial charge in [-0.05, 0) is 60.7 Å². The van der Waals surface area contributed by atoms with Crippen molar-refractivity contribution in [2.45, 2.75) is 0 Å². The van der Waals surface area contributed by atoms with Crippen LogP contribution < -0.4 is 47.1 Å². The maximum Gasteiger partial charge on any atom is 0.270 e. The zero-order valence-electron chi connectivity index (χ0n) is 14.7. The quantitative estimate of drug-likeness (QED) is 0.195. The van der Waals surface area contributed by atoms with Crippen molar-refractivity contribution in [3.05, 3.63) is 71.2 Å². The van der Waals surface area contributed by atoms with Gasteiger partial charge in [-0.1, -0.05) is 0 Å². The zero-order chi connectivity index (χ0) is 18.3. The van der Waals surface area contributed by atoms with Gasteiger partial charge >= 0.3 is 0 Å². The third-order valence-electron chi connectivity index (χ3n) is 4.15. The van der Waals surface area contributed by atoms with E-state index in [0.717, 1.165) is 33.1 Å². The summed E-state index contributed by atoms with van der Waals surface area (Å²) >= 11 is 0. The summed E-state index contributed by atoms with van der Waals surface area (Å²) in [5.41, 5.74) is 14.3. The Morgan fingerprint density at radius 1 is 0.679 bits per heavy atom. The Labute approximate surface area is 173 Å². The molecule has 0 aliphatic carbocycles. The van der Waals surface area contributed by atoms with Gasteiger partial charge in [0.05, 0.1) is 11.1 Å². The lowest BCUT2D eigenvalue weighted by Crippen LogP contribution is -3.00. The van der Waals surface area contributed by atoms with Gasteiger partial charge in [0.1, 0.15) is 22.7 Å². The van der Waals surface area contributed by atoms with Crippen molar-refractivity contribution in [3.8, 4) is 0 Å². The van der Waals surface area contributed by atoms with E-state index < -0.39 is 0 Å². The molecule has 0 aliphatic heterocycles. The number of benzene rings is 2. The van der Waals surface area contributed by atoms with Gasteiger partial charge in [-0.25, -0.2) is 0 Å². The molecule has 0 amide bonds. The maximum atomic E-state index is 5.79. The summed E-state index contributed by atoms with van der Waals surface area (Å²) < 4.78 is 11.6. The third kappa shape index (κ3) is 4.03. The smallest absolute Gasteiger partial charge is 0.270 e. The lowest BCUT2D eigenvalue weighted by Gasteiger charge is -1.92. The Kier molecular flexibility index (Phi) is 6.18. The predicted octanol–water partition coefficient (Wildman–Crippen LogP) is -5.71. The molecule has 2 aromatic heterocycles. The molecular weight excluding hydrogens is 399 g/mol. The lowest BCUT2D eigenvalue weighted by atomic mass is 10.1. The van der Waals surface area contributed by atoms with Crippen molar-refractivity contribution >= 4 is 45.8 Å². The van der Waals surface area contributed by atoms with Gasteiger partial charge < -0.3 is 33.6 Å². The minimum atomic E-state index is 0. The van der Waals surface area contributed by atoms with E-state index in [1.54, 1.807) is 0 Å². The maximum absolute atomic E-state index is 5.79. The van der Waals surface area contributed by atoms with Crippen LogP contribution in [0.1, 0.15) is 22.6 Å². The third-order valence-corrected chi connectivity index (χ3v) is 4.15. The van der Waals surface area contributed by atoms with Crippen molar-refractivity contribution < 1.29 is 44.5 Å². The monoisotopic (exact) mass is 416 g/mol. The number of hydrogen-bond donors (Lipinski definition) is 4. The minimum Gasteiger partial charge on any atom is -1.00 e. The molecule has 4 aromatic rings. The fourth-order valence-corrected chi connectivity index (χ4v) is 2.82. The molecule has 0 atom stereocenters.